The van der Waals surface area contributed by atoms with E-state index < -0.39 is 64.9 Å². The van der Waals surface area contributed by atoms with Gasteiger partial charge in [-0.15, -0.1) is 0 Å². The lowest BCUT2D eigenvalue weighted by molar-refractivity contribution is -0.161. The highest BCUT2D eigenvalue weighted by atomic mass is 32.2. The topological polar surface area (TPSA) is 154 Å². The summed E-state index contributed by atoms with van der Waals surface area (Å²) < 4.78 is 46.5. The molecule has 1 aliphatic heterocycles. The molecule has 2 N–H and O–H groups in total. The van der Waals surface area contributed by atoms with Crippen molar-refractivity contribution in [1.29, 1.82) is 0 Å². The first-order valence-electron chi connectivity index (χ1n) is 9.18. The minimum atomic E-state index is -4.87. The van der Waals surface area contributed by atoms with Crippen molar-refractivity contribution in [2.75, 3.05) is 26.4 Å². The Morgan fingerprint density at radius 2 is 1.82 bits per heavy atom. The number of rotatable bonds is 10. The standard InChI is InChI=1S/C17H28O10S/c1-2-3-4-5-6-7-14(19)25-10-17(9-18)11-26-15(20)8-13(28(22,23)24)16(21)27-12-17/h13,18H,2-12H2,1H3,(H,22,23,24). The van der Waals surface area contributed by atoms with Crippen molar-refractivity contribution in [3.8, 4) is 0 Å². The average Bonchev–Trinajstić information content (AvgIpc) is 2.70. The van der Waals surface area contributed by atoms with Gasteiger partial charge in [0.05, 0.1) is 18.4 Å². The van der Waals surface area contributed by atoms with Gasteiger partial charge in [-0.05, 0) is 6.42 Å². The van der Waals surface area contributed by atoms with E-state index in [1.807, 2.05) is 0 Å². The van der Waals surface area contributed by atoms with E-state index in [0.29, 0.717) is 6.42 Å². The van der Waals surface area contributed by atoms with Crippen LogP contribution in [-0.4, -0.2) is 67.7 Å². The molecule has 0 aromatic rings. The van der Waals surface area contributed by atoms with Crippen LogP contribution in [0.1, 0.15) is 51.9 Å². The van der Waals surface area contributed by atoms with Crippen molar-refractivity contribution in [2.45, 2.75) is 57.1 Å². The second-order valence-corrected chi connectivity index (χ2v) is 8.56. The molecular formula is C17H28O10S. The van der Waals surface area contributed by atoms with Crippen LogP contribution in [0.5, 0.6) is 0 Å². The zero-order chi connectivity index (χ0) is 21.2. The highest BCUT2D eigenvalue weighted by Crippen LogP contribution is 2.23. The van der Waals surface area contributed by atoms with Crippen molar-refractivity contribution in [1.82, 2.24) is 0 Å². The first kappa shape index (κ1) is 24.3. The summed E-state index contributed by atoms with van der Waals surface area (Å²) >= 11 is 0. The van der Waals surface area contributed by atoms with Crippen LogP contribution in [0.4, 0.5) is 0 Å². The number of esters is 3. The van der Waals surface area contributed by atoms with Gasteiger partial charge in [-0.1, -0.05) is 32.6 Å². The van der Waals surface area contributed by atoms with Crippen molar-refractivity contribution in [2.24, 2.45) is 5.41 Å². The van der Waals surface area contributed by atoms with E-state index in [4.69, 9.17) is 18.8 Å². The molecule has 0 aliphatic carbocycles. The molecule has 162 valence electrons. The van der Waals surface area contributed by atoms with Crippen LogP contribution < -0.4 is 0 Å². The molecule has 1 heterocycles. The largest absolute Gasteiger partial charge is 0.465 e. The maximum absolute atomic E-state index is 11.9. The molecule has 0 aromatic heterocycles. The molecule has 1 saturated heterocycles. The maximum atomic E-state index is 11.9. The molecular weight excluding hydrogens is 396 g/mol. The summed E-state index contributed by atoms with van der Waals surface area (Å²) in [6.45, 7) is 0.0584. The first-order chi connectivity index (χ1) is 13.1. The van der Waals surface area contributed by atoms with Crippen molar-refractivity contribution in [3.05, 3.63) is 0 Å². The van der Waals surface area contributed by atoms with Gasteiger partial charge in [0.2, 0.25) is 0 Å². The number of unbranched alkanes of at least 4 members (excludes halogenated alkanes) is 4. The molecule has 0 amide bonds. The Labute approximate surface area is 164 Å². The molecule has 0 aromatic carbocycles. The van der Waals surface area contributed by atoms with Crippen LogP contribution in [0.3, 0.4) is 0 Å². The van der Waals surface area contributed by atoms with E-state index in [0.717, 1.165) is 25.7 Å². The number of hydrogen-bond acceptors (Lipinski definition) is 9. The van der Waals surface area contributed by atoms with E-state index in [9.17, 15) is 27.9 Å². The smallest absolute Gasteiger partial charge is 0.327 e. The Morgan fingerprint density at radius 1 is 1.18 bits per heavy atom. The first-order valence-corrected chi connectivity index (χ1v) is 10.7. The van der Waals surface area contributed by atoms with Gasteiger partial charge in [0.1, 0.15) is 19.8 Å². The van der Waals surface area contributed by atoms with Gasteiger partial charge in [0.25, 0.3) is 10.1 Å². The van der Waals surface area contributed by atoms with Gasteiger partial charge in [-0.25, -0.2) is 0 Å². The lowest BCUT2D eigenvalue weighted by Gasteiger charge is -2.29. The Balaban J connectivity index is 2.68. The fourth-order valence-corrected chi connectivity index (χ4v) is 3.17. The molecule has 11 heteroatoms. The van der Waals surface area contributed by atoms with E-state index in [2.05, 4.69) is 6.92 Å². The van der Waals surface area contributed by atoms with Crippen LogP contribution in [0.25, 0.3) is 0 Å². The van der Waals surface area contributed by atoms with E-state index in [1.54, 1.807) is 0 Å². The summed E-state index contributed by atoms with van der Waals surface area (Å²) in [4.78, 5) is 35.6. The fraction of sp³-hybridized carbons (Fsp3) is 0.824. The number of ether oxygens (including phenoxy) is 3. The highest BCUT2D eigenvalue weighted by Gasteiger charge is 2.42. The summed E-state index contributed by atoms with van der Waals surface area (Å²) in [6, 6.07) is 0. The van der Waals surface area contributed by atoms with Crippen LogP contribution in [0, 0.1) is 5.41 Å². The average molecular weight is 424 g/mol. The van der Waals surface area contributed by atoms with E-state index in [1.165, 1.54) is 0 Å². The molecule has 10 nitrogen and oxygen atoms in total. The van der Waals surface area contributed by atoms with Crippen molar-refractivity contribution >= 4 is 28.0 Å². The summed E-state index contributed by atoms with van der Waals surface area (Å²) in [5, 5.41) is 7.58. The maximum Gasteiger partial charge on any atom is 0.327 e. The van der Waals surface area contributed by atoms with Gasteiger partial charge in [0.15, 0.2) is 5.25 Å². The van der Waals surface area contributed by atoms with Gasteiger partial charge >= 0.3 is 17.9 Å². The second-order valence-electron chi connectivity index (χ2n) is 6.96. The molecule has 1 aliphatic rings. The van der Waals surface area contributed by atoms with Crippen LogP contribution >= 0.6 is 0 Å². The Morgan fingerprint density at radius 3 is 2.43 bits per heavy atom. The minimum absolute atomic E-state index is 0.190. The van der Waals surface area contributed by atoms with E-state index in [-0.39, 0.29) is 13.0 Å². The Hall–Kier alpha value is -1.72. The molecule has 0 saturated carbocycles. The van der Waals surface area contributed by atoms with E-state index >= 15 is 0 Å². The number of carbonyl (C=O) groups excluding carboxylic acids is 3. The number of aliphatic hydroxyl groups excluding tert-OH is 1. The number of carbonyl (C=O) groups is 3. The monoisotopic (exact) mass is 424 g/mol. The SMILES string of the molecule is CCCCCCCC(=O)OCC1(CO)COC(=O)CC(S(=O)(=O)O)C(=O)OC1. The zero-order valence-corrected chi connectivity index (χ0v) is 16.7. The molecule has 2 atom stereocenters. The van der Waals surface area contributed by atoms with Crippen LogP contribution in [0.2, 0.25) is 0 Å². The van der Waals surface area contributed by atoms with Crippen molar-refractivity contribution in [3.63, 3.8) is 0 Å². The lowest BCUT2D eigenvalue weighted by Crippen LogP contribution is -2.42. The Bertz CT molecular complexity index is 644. The third kappa shape index (κ3) is 8.11. The number of cyclic esters (lactones) is 2. The molecule has 1 fully saturated rings. The molecule has 0 radical (unpaired) electrons. The molecule has 1 rings (SSSR count). The summed E-state index contributed by atoms with van der Waals surface area (Å²) in [6.07, 6.45) is 4.01. The van der Waals surface area contributed by atoms with Gasteiger partial charge in [-0.2, -0.15) is 8.42 Å². The van der Waals surface area contributed by atoms with Crippen molar-refractivity contribution < 1.29 is 46.7 Å². The predicted octanol–water partition coefficient (Wildman–Crippen LogP) is 0.615. The quantitative estimate of drug-likeness (QED) is 0.221. The minimum Gasteiger partial charge on any atom is -0.465 e. The van der Waals surface area contributed by atoms with Gasteiger partial charge < -0.3 is 19.3 Å². The molecule has 0 bridgehead atoms. The summed E-state index contributed by atoms with van der Waals surface area (Å²) in [5.41, 5.74) is -1.42. The predicted molar refractivity (Wildman–Crippen MR) is 95.7 cm³/mol. The molecule has 28 heavy (non-hydrogen) atoms. The van der Waals surface area contributed by atoms with Gasteiger partial charge in [0, 0.05) is 6.42 Å². The lowest BCUT2D eigenvalue weighted by atomic mass is 9.92. The summed E-state index contributed by atoms with van der Waals surface area (Å²) in [7, 11) is -4.87. The fourth-order valence-electron chi connectivity index (χ4n) is 2.51. The number of hydrogen-bond donors (Lipinski definition) is 2. The highest BCUT2D eigenvalue weighted by molar-refractivity contribution is 7.87. The molecule has 2 unspecified atom stereocenters. The third-order valence-electron chi connectivity index (χ3n) is 4.39. The summed E-state index contributed by atoms with van der Waals surface area (Å²) in [5.74, 6) is -2.92. The zero-order valence-electron chi connectivity index (χ0n) is 15.9. The molecule has 0 spiro atoms. The third-order valence-corrected chi connectivity index (χ3v) is 5.47. The Kier molecular flexibility index (Phi) is 9.83. The second kappa shape index (κ2) is 11.3. The van der Waals surface area contributed by atoms with Crippen LogP contribution in [-0.2, 0) is 38.7 Å². The van der Waals surface area contributed by atoms with Crippen LogP contribution in [0.15, 0.2) is 0 Å². The van der Waals surface area contributed by atoms with Gasteiger partial charge in [-0.3, -0.25) is 18.9 Å². The normalized spacial score (nSPS) is 23.8. The number of aliphatic hydroxyl groups is 1.